The van der Waals surface area contributed by atoms with Crippen molar-refractivity contribution in [2.45, 2.75) is 13.5 Å². The van der Waals surface area contributed by atoms with Crippen molar-refractivity contribution < 1.29 is 4.79 Å². The van der Waals surface area contributed by atoms with Crippen LogP contribution in [-0.2, 0) is 11.3 Å². The van der Waals surface area contributed by atoms with Crippen molar-refractivity contribution in [3.8, 4) is 0 Å². The standard InChI is InChI=1S/C14H16N2O/c1-11-7-8-16(10-13(11)14(15)17)9-12-5-3-2-4-6-12/h2-8,10-11H,9H2,1H3,(H2,15,17)/t11-/m0/s1. The third-order valence-electron chi connectivity index (χ3n) is 2.85. The Morgan fingerprint density at radius 2 is 2.06 bits per heavy atom. The van der Waals surface area contributed by atoms with Crippen LogP contribution in [0.3, 0.4) is 0 Å². The summed E-state index contributed by atoms with van der Waals surface area (Å²) in [5, 5.41) is 0. The van der Waals surface area contributed by atoms with Crippen LogP contribution in [0.4, 0.5) is 0 Å². The molecule has 1 aromatic carbocycles. The molecule has 1 heterocycles. The number of carbonyl (C=O) groups excluding carboxylic acids is 1. The molecule has 0 fully saturated rings. The number of rotatable bonds is 3. The van der Waals surface area contributed by atoms with Crippen molar-refractivity contribution in [2.24, 2.45) is 11.7 Å². The lowest BCUT2D eigenvalue weighted by atomic mass is 9.99. The number of hydrogen-bond acceptors (Lipinski definition) is 2. The molecule has 0 aromatic heterocycles. The van der Waals surface area contributed by atoms with Crippen molar-refractivity contribution in [3.05, 3.63) is 59.9 Å². The lowest BCUT2D eigenvalue weighted by Gasteiger charge is -2.23. The summed E-state index contributed by atoms with van der Waals surface area (Å²) >= 11 is 0. The van der Waals surface area contributed by atoms with E-state index in [0.29, 0.717) is 5.57 Å². The highest BCUT2D eigenvalue weighted by atomic mass is 16.1. The number of hydrogen-bond donors (Lipinski definition) is 1. The number of amides is 1. The molecule has 3 nitrogen and oxygen atoms in total. The predicted octanol–water partition coefficient (Wildman–Crippen LogP) is 2.02. The van der Waals surface area contributed by atoms with Crippen molar-refractivity contribution in [1.29, 1.82) is 0 Å². The maximum Gasteiger partial charge on any atom is 0.246 e. The Labute approximate surface area is 101 Å². The van der Waals surface area contributed by atoms with Crippen LogP contribution < -0.4 is 5.73 Å². The lowest BCUT2D eigenvalue weighted by Crippen LogP contribution is -2.24. The summed E-state index contributed by atoms with van der Waals surface area (Å²) < 4.78 is 0. The maximum absolute atomic E-state index is 11.3. The van der Waals surface area contributed by atoms with E-state index >= 15 is 0 Å². The Morgan fingerprint density at radius 1 is 1.35 bits per heavy atom. The van der Waals surface area contributed by atoms with Gasteiger partial charge >= 0.3 is 0 Å². The fraction of sp³-hybridized carbons (Fsp3) is 0.214. The molecule has 0 bridgehead atoms. The van der Waals surface area contributed by atoms with Crippen LogP contribution in [-0.4, -0.2) is 10.8 Å². The Balaban J connectivity index is 2.13. The number of nitrogens with two attached hydrogens (primary N) is 1. The number of allylic oxidation sites excluding steroid dienone is 1. The normalized spacial score (nSPS) is 19.0. The minimum Gasteiger partial charge on any atom is -0.366 e. The van der Waals surface area contributed by atoms with Gasteiger partial charge in [-0.05, 0) is 5.56 Å². The van der Waals surface area contributed by atoms with Crippen molar-refractivity contribution in [2.75, 3.05) is 0 Å². The Morgan fingerprint density at radius 3 is 2.71 bits per heavy atom. The molecule has 1 aliphatic heterocycles. The molecule has 0 unspecified atom stereocenters. The van der Waals surface area contributed by atoms with E-state index < -0.39 is 0 Å². The van der Waals surface area contributed by atoms with Crippen LogP contribution in [0.5, 0.6) is 0 Å². The maximum atomic E-state index is 11.3. The fourth-order valence-corrected chi connectivity index (χ4v) is 1.86. The van der Waals surface area contributed by atoms with Crippen LogP contribution in [0, 0.1) is 5.92 Å². The fourth-order valence-electron chi connectivity index (χ4n) is 1.86. The highest BCUT2D eigenvalue weighted by molar-refractivity contribution is 5.92. The van der Waals surface area contributed by atoms with Crippen LogP contribution in [0.1, 0.15) is 12.5 Å². The third kappa shape index (κ3) is 2.75. The molecule has 1 aromatic rings. The predicted molar refractivity (Wildman–Crippen MR) is 67.6 cm³/mol. The van der Waals surface area contributed by atoms with E-state index in [4.69, 9.17) is 5.73 Å². The van der Waals surface area contributed by atoms with Gasteiger partial charge < -0.3 is 10.6 Å². The molecule has 0 aliphatic carbocycles. The van der Waals surface area contributed by atoms with Crippen molar-refractivity contribution in [3.63, 3.8) is 0 Å². The van der Waals surface area contributed by atoms with Crippen LogP contribution >= 0.6 is 0 Å². The first-order chi connectivity index (χ1) is 8.16. The SMILES string of the molecule is C[C@H]1C=CN(Cc2ccccc2)C=C1C(N)=O. The monoisotopic (exact) mass is 228 g/mol. The van der Waals surface area contributed by atoms with E-state index in [-0.39, 0.29) is 11.8 Å². The van der Waals surface area contributed by atoms with Gasteiger partial charge in [-0.25, -0.2) is 0 Å². The second-order valence-corrected chi connectivity index (χ2v) is 4.24. The van der Waals surface area contributed by atoms with Gasteiger partial charge in [0.05, 0.1) is 0 Å². The first-order valence-corrected chi connectivity index (χ1v) is 5.66. The highest BCUT2D eigenvalue weighted by Crippen LogP contribution is 2.19. The van der Waals surface area contributed by atoms with Gasteiger partial charge in [0.25, 0.3) is 0 Å². The van der Waals surface area contributed by atoms with Gasteiger partial charge in [-0.1, -0.05) is 43.3 Å². The molecule has 0 saturated heterocycles. The van der Waals surface area contributed by atoms with Crippen molar-refractivity contribution in [1.82, 2.24) is 4.90 Å². The molecule has 88 valence electrons. The molecule has 2 rings (SSSR count). The van der Waals surface area contributed by atoms with E-state index in [0.717, 1.165) is 6.54 Å². The van der Waals surface area contributed by atoms with Crippen molar-refractivity contribution >= 4 is 5.91 Å². The first kappa shape index (κ1) is 11.5. The van der Waals surface area contributed by atoms with Gasteiger partial charge in [0.2, 0.25) is 5.91 Å². The number of carbonyl (C=O) groups is 1. The zero-order valence-corrected chi connectivity index (χ0v) is 9.84. The Kier molecular flexibility index (Phi) is 3.28. The Hall–Kier alpha value is -2.03. The number of nitrogens with zero attached hydrogens (tertiary/aromatic N) is 1. The minimum atomic E-state index is -0.347. The summed E-state index contributed by atoms with van der Waals surface area (Å²) in [6, 6.07) is 10.1. The largest absolute Gasteiger partial charge is 0.366 e. The summed E-state index contributed by atoms with van der Waals surface area (Å²) in [5.74, 6) is -0.251. The number of benzene rings is 1. The van der Waals surface area contributed by atoms with Gasteiger partial charge in [-0.3, -0.25) is 4.79 Å². The second-order valence-electron chi connectivity index (χ2n) is 4.24. The molecule has 0 saturated carbocycles. The molecule has 1 aliphatic rings. The highest BCUT2D eigenvalue weighted by Gasteiger charge is 2.16. The molecule has 2 N–H and O–H groups in total. The second kappa shape index (κ2) is 4.87. The molecule has 0 spiro atoms. The van der Waals surface area contributed by atoms with E-state index in [2.05, 4.69) is 12.1 Å². The number of primary amides is 1. The summed E-state index contributed by atoms with van der Waals surface area (Å²) in [5.41, 5.74) is 7.20. The third-order valence-corrected chi connectivity index (χ3v) is 2.85. The summed E-state index contributed by atoms with van der Waals surface area (Å²) in [6.45, 7) is 2.72. The molecular weight excluding hydrogens is 212 g/mol. The van der Waals surface area contributed by atoms with E-state index in [1.54, 1.807) is 0 Å². The molecule has 1 atom stereocenters. The summed E-state index contributed by atoms with van der Waals surface area (Å²) in [4.78, 5) is 13.2. The molecule has 17 heavy (non-hydrogen) atoms. The average Bonchev–Trinajstić information content (AvgIpc) is 2.32. The Bertz CT molecular complexity index is 462. The smallest absolute Gasteiger partial charge is 0.246 e. The first-order valence-electron chi connectivity index (χ1n) is 5.66. The van der Waals surface area contributed by atoms with Gasteiger partial charge in [-0.2, -0.15) is 0 Å². The van der Waals surface area contributed by atoms with Gasteiger partial charge in [-0.15, -0.1) is 0 Å². The minimum absolute atomic E-state index is 0.0968. The van der Waals surface area contributed by atoms with E-state index in [1.807, 2.05) is 48.5 Å². The van der Waals surface area contributed by atoms with E-state index in [9.17, 15) is 4.79 Å². The molecule has 0 radical (unpaired) electrons. The van der Waals surface area contributed by atoms with Crippen LogP contribution in [0.25, 0.3) is 0 Å². The van der Waals surface area contributed by atoms with Gasteiger partial charge in [0.15, 0.2) is 0 Å². The van der Waals surface area contributed by atoms with E-state index in [1.165, 1.54) is 5.56 Å². The lowest BCUT2D eigenvalue weighted by molar-refractivity contribution is -0.115. The van der Waals surface area contributed by atoms with Crippen LogP contribution in [0.2, 0.25) is 0 Å². The van der Waals surface area contributed by atoms with Gasteiger partial charge in [0.1, 0.15) is 0 Å². The molecule has 1 amide bonds. The summed E-state index contributed by atoms with van der Waals surface area (Å²) in [7, 11) is 0. The summed E-state index contributed by atoms with van der Waals surface area (Å²) in [6.07, 6.45) is 5.81. The average molecular weight is 228 g/mol. The molecule has 3 heteroatoms. The zero-order valence-electron chi connectivity index (χ0n) is 9.84. The molecular formula is C14H16N2O. The van der Waals surface area contributed by atoms with Crippen LogP contribution in [0.15, 0.2) is 54.4 Å². The van der Waals surface area contributed by atoms with Gasteiger partial charge in [0, 0.05) is 30.4 Å². The zero-order chi connectivity index (χ0) is 12.3. The topological polar surface area (TPSA) is 46.3 Å². The quantitative estimate of drug-likeness (QED) is 0.860.